The van der Waals surface area contributed by atoms with Crippen LogP contribution in [0.25, 0.3) is 11.1 Å². The number of phenols is 3. The van der Waals surface area contributed by atoms with Gasteiger partial charge in [-0.2, -0.15) is 0 Å². The van der Waals surface area contributed by atoms with E-state index in [1.807, 2.05) is 0 Å². The zero-order chi connectivity index (χ0) is 13.4. The van der Waals surface area contributed by atoms with Crippen LogP contribution >= 0.6 is 34.8 Å². The summed E-state index contributed by atoms with van der Waals surface area (Å²) < 4.78 is 0. The minimum absolute atomic E-state index is 0.0293. The summed E-state index contributed by atoms with van der Waals surface area (Å²) in [6, 6.07) is 6.20. The minimum atomic E-state index is -0.579. The first-order valence-corrected chi connectivity index (χ1v) is 5.95. The molecule has 0 fully saturated rings. The van der Waals surface area contributed by atoms with Gasteiger partial charge in [0.15, 0.2) is 11.5 Å². The van der Waals surface area contributed by atoms with Crippen LogP contribution in [0, 0.1) is 0 Å². The molecule has 2 rings (SSSR count). The standard InChI is InChI=1S/C12H7Cl3O3/c13-8-7(5-3-1-2-4-6(5)16)11(17)12(18)10(15)9(8)14/h1-4,16-18H. The summed E-state index contributed by atoms with van der Waals surface area (Å²) in [6.45, 7) is 0. The molecule has 0 heterocycles. The van der Waals surface area contributed by atoms with Crippen LogP contribution in [0.4, 0.5) is 0 Å². The van der Waals surface area contributed by atoms with Gasteiger partial charge in [0.1, 0.15) is 10.8 Å². The summed E-state index contributed by atoms with van der Waals surface area (Å²) in [5.74, 6) is -1.22. The van der Waals surface area contributed by atoms with Crippen molar-refractivity contribution in [3.05, 3.63) is 39.3 Å². The van der Waals surface area contributed by atoms with Gasteiger partial charge >= 0.3 is 0 Å². The van der Waals surface area contributed by atoms with Crippen molar-refractivity contribution < 1.29 is 15.3 Å². The number of aromatic hydroxyl groups is 3. The molecule has 0 amide bonds. The molecule has 0 aliphatic carbocycles. The average molecular weight is 306 g/mol. The van der Waals surface area contributed by atoms with E-state index in [0.29, 0.717) is 0 Å². The Morgan fingerprint density at radius 3 is 1.94 bits per heavy atom. The quantitative estimate of drug-likeness (QED) is 0.539. The van der Waals surface area contributed by atoms with Gasteiger partial charge in [-0.1, -0.05) is 53.0 Å². The van der Waals surface area contributed by atoms with Gasteiger partial charge in [0.25, 0.3) is 0 Å². The van der Waals surface area contributed by atoms with Crippen LogP contribution in [-0.2, 0) is 0 Å². The lowest BCUT2D eigenvalue weighted by Crippen LogP contribution is -1.86. The Bertz CT molecular complexity index is 597. The average Bonchev–Trinajstić information content (AvgIpc) is 2.36. The van der Waals surface area contributed by atoms with Gasteiger partial charge < -0.3 is 15.3 Å². The van der Waals surface area contributed by atoms with Crippen LogP contribution in [0.3, 0.4) is 0 Å². The van der Waals surface area contributed by atoms with Gasteiger partial charge in [-0.3, -0.25) is 0 Å². The molecule has 94 valence electrons. The molecule has 0 unspecified atom stereocenters. The van der Waals surface area contributed by atoms with E-state index >= 15 is 0 Å². The third-order valence-electron chi connectivity index (χ3n) is 2.45. The second kappa shape index (κ2) is 4.76. The summed E-state index contributed by atoms with van der Waals surface area (Å²) in [5.41, 5.74) is 0.274. The molecule has 0 spiro atoms. The number of benzene rings is 2. The van der Waals surface area contributed by atoms with Crippen molar-refractivity contribution in [2.75, 3.05) is 0 Å². The van der Waals surface area contributed by atoms with Gasteiger partial charge in [-0.05, 0) is 6.07 Å². The van der Waals surface area contributed by atoms with Crippen LogP contribution < -0.4 is 0 Å². The Morgan fingerprint density at radius 1 is 0.722 bits per heavy atom. The fraction of sp³-hybridized carbons (Fsp3) is 0. The van der Waals surface area contributed by atoms with Crippen molar-refractivity contribution in [2.24, 2.45) is 0 Å². The van der Waals surface area contributed by atoms with E-state index < -0.39 is 11.5 Å². The van der Waals surface area contributed by atoms with Crippen molar-refractivity contribution in [1.29, 1.82) is 0 Å². The lowest BCUT2D eigenvalue weighted by molar-refractivity contribution is 0.405. The second-order valence-electron chi connectivity index (χ2n) is 3.53. The van der Waals surface area contributed by atoms with E-state index in [0.717, 1.165) is 0 Å². The lowest BCUT2D eigenvalue weighted by atomic mass is 10.0. The lowest BCUT2D eigenvalue weighted by Gasteiger charge is -2.13. The summed E-state index contributed by atoms with van der Waals surface area (Å²) in [6.07, 6.45) is 0. The van der Waals surface area contributed by atoms with Gasteiger partial charge in [-0.25, -0.2) is 0 Å². The fourth-order valence-electron chi connectivity index (χ4n) is 1.57. The van der Waals surface area contributed by atoms with Gasteiger partial charge in [-0.15, -0.1) is 0 Å². The van der Waals surface area contributed by atoms with Gasteiger partial charge in [0.05, 0.1) is 15.6 Å². The molecule has 0 saturated carbocycles. The molecule has 3 nitrogen and oxygen atoms in total. The van der Waals surface area contributed by atoms with Crippen LogP contribution in [0.15, 0.2) is 24.3 Å². The Labute approximate surface area is 118 Å². The highest BCUT2D eigenvalue weighted by atomic mass is 35.5. The molecule has 0 aliphatic rings. The zero-order valence-corrected chi connectivity index (χ0v) is 11.1. The SMILES string of the molecule is Oc1ccccc1-c1c(O)c(O)c(Cl)c(Cl)c1Cl. The monoisotopic (exact) mass is 304 g/mol. The summed E-state index contributed by atoms with van der Waals surface area (Å²) in [7, 11) is 0. The van der Waals surface area contributed by atoms with Crippen molar-refractivity contribution in [1.82, 2.24) is 0 Å². The van der Waals surface area contributed by atoms with E-state index in [1.165, 1.54) is 12.1 Å². The van der Waals surface area contributed by atoms with Crippen LogP contribution in [0.2, 0.25) is 15.1 Å². The number of phenolic OH excluding ortho intramolecular Hbond substituents is 3. The number of para-hydroxylation sites is 1. The van der Waals surface area contributed by atoms with E-state index in [-0.39, 0.29) is 31.9 Å². The van der Waals surface area contributed by atoms with Crippen LogP contribution in [0.1, 0.15) is 0 Å². The van der Waals surface area contributed by atoms with Crippen molar-refractivity contribution in [3.63, 3.8) is 0 Å². The molecule has 2 aromatic carbocycles. The maximum Gasteiger partial charge on any atom is 0.178 e. The van der Waals surface area contributed by atoms with Gasteiger partial charge in [0, 0.05) is 5.56 Å². The topological polar surface area (TPSA) is 60.7 Å². The normalized spacial score (nSPS) is 10.6. The fourth-order valence-corrected chi connectivity index (χ4v) is 2.27. The molecule has 2 aromatic rings. The van der Waals surface area contributed by atoms with E-state index in [1.54, 1.807) is 12.1 Å². The highest BCUT2D eigenvalue weighted by Crippen LogP contribution is 2.52. The Morgan fingerprint density at radius 2 is 1.33 bits per heavy atom. The molecule has 3 N–H and O–H groups in total. The third kappa shape index (κ3) is 1.94. The summed E-state index contributed by atoms with van der Waals surface area (Å²) in [4.78, 5) is 0. The minimum Gasteiger partial charge on any atom is -0.507 e. The number of hydrogen-bond acceptors (Lipinski definition) is 3. The molecule has 0 atom stereocenters. The molecule has 0 aromatic heterocycles. The molecular formula is C12H7Cl3O3. The van der Waals surface area contributed by atoms with Crippen molar-refractivity contribution in [2.45, 2.75) is 0 Å². The van der Waals surface area contributed by atoms with E-state index in [9.17, 15) is 15.3 Å². The Hall–Kier alpha value is -1.29. The van der Waals surface area contributed by atoms with E-state index in [4.69, 9.17) is 34.8 Å². The largest absolute Gasteiger partial charge is 0.507 e. The van der Waals surface area contributed by atoms with E-state index in [2.05, 4.69) is 0 Å². The number of rotatable bonds is 1. The number of halogens is 3. The van der Waals surface area contributed by atoms with Gasteiger partial charge in [0.2, 0.25) is 0 Å². The molecule has 0 bridgehead atoms. The smallest absolute Gasteiger partial charge is 0.178 e. The molecular weight excluding hydrogens is 298 g/mol. The third-order valence-corrected chi connectivity index (χ3v) is 3.76. The second-order valence-corrected chi connectivity index (χ2v) is 4.67. The Kier molecular flexibility index (Phi) is 3.48. The predicted octanol–water partition coefficient (Wildman–Crippen LogP) is 4.43. The highest BCUT2D eigenvalue weighted by molar-refractivity contribution is 6.50. The first kappa shape index (κ1) is 13.1. The molecule has 6 heteroatoms. The Balaban J connectivity index is 2.85. The first-order valence-electron chi connectivity index (χ1n) is 4.82. The van der Waals surface area contributed by atoms with Crippen molar-refractivity contribution >= 4 is 34.8 Å². The molecule has 0 saturated heterocycles. The molecule has 0 aliphatic heterocycles. The van der Waals surface area contributed by atoms with Crippen LogP contribution in [-0.4, -0.2) is 15.3 Å². The summed E-state index contributed by atoms with van der Waals surface area (Å²) >= 11 is 17.5. The molecule has 18 heavy (non-hydrogen) atoms. The predicted molar refractivity (Wildman–Crippen MR) is 71.9 cm³/mol. The van der Waals surface area contributed by atoms with Crippen molar-refractivity contribution in [3.8, 4) is 28.4 Å². The highest BCUT2D eigenvalue weighted by Gasteiger charge is 2.23. The van der Waals surface area contributed by atoms with Crippen LogP contribution in [0.5, 0.6) is 17.2 Å². The molecule has 0 radical (unpaired) electrons. The summed E-state index contributed by atoms with van der Waals surface area (Å²) in [5, 5.41) is 28.9. The maximum absolute atomic E-state index is 9.87. The number of hydrogen-bond donors (Lipinski definition) is 3. The zero-order valence-electron chi connectivity index (χ0n) is 8.78. The maximum atomic E-state index is 9.87. The first-order chi connectivity index (χ1) is 8.45.